The minimum absolute atomic E-state index is 0.0144. The number of allylic oxidation sites excluding steroid dienone is 13. The number of nitrogens with zero attached hydrogens (tertiary/aromatic N) is 1. The van der Waals surface area contributed by atoms with Crippen molar-refractivity contribution in [2.75, 3.05) is 4.90 Å². The lowest BCUT2D eigenvalue weighted by molar-refractivity contribution is -0.0121. The molecule has 11 rings (SSSR count). The highest BCUT2D eigenvalue weighted by Gasteiger charge is 2.53. The second-order valence-electron chi connectivity index (χ2n) is 16.2. The van der Waals surface area contributed by atoms with Gasteiger partial charge in [0.25, 0.3) is 0 Å². The Balaban J connectivity index is 1.04. The third-order valence-corrected chi connectivity index (χ3v) is 13.4. The van der Waals surface area contributed by atoms with Crippen LogP contribution in [0.25, 0.3) is 5.57 Å². The van der Waals surface area contributed by atoms with Crippen molar-refractivity contribution in [1.29, 1.82) is 0 Å². The van der Waals surface area contributed by atoms with E-state index in [1.807, 2.05) is 0 Å². The van der Waals surface area contributed by atoms with Crippen molar-refractivity contribution in [1.82, 2.24) is 0 Å². The minimum atomic E-state index is 0.0144. The molecule has 53 heavy (non-hydrogen) atoms. The largest absolute Gasteiger partial charge is 0.490 e. The summed E-state index contributed by atoms with van der Waals surface area (Å²) in [5.74, 6) is 3.74. The lowest BCUT2D eigenvalue weighted by Gasteiger charge is -2.52. The van der Waals surface area contributed by atoms with Gasteiger partial charge in [-0.25, -0.2) is 0 Å². The van der Waals surface area contributed by atoms with Gasteiger partial charge in [0.05, 0.1) is 12.1 Å². The summed E-state index contributed by atoms with van der Waals surface area (Å²) >= 11 is 0. The summed E-state index contributed by atoms with van der Waals surface area (Å²) in [6, 6.07) is 20.7. The Morgan fingerprint density at radius 1 is 0.660 bits per heavy atom. The first kappa shape index (κ1) is 31.5. The molecule has 9 unspecified atom stereocenters. The summed E-state index contributed by atoms with van der Waals surface area (Å²) in [7, 11) is 0. The van der Waals surface area contributed by atoms with E-state index in [0.29, 0.717) is 23.8 Å². The van der Waals surface area contributed by atoms with E-state index in [4.69, 9.17) is 9.47 Å². The Morgan fingerprint density at radius 3 is 2.45 bits per heavy atom. The minimum Gasteiger partial charge on any atom is -0.490 e. The zero-order valence-electron chi connectivity index (χ0n) is 30.3. The molecule has 2 aromatic carbocycles. The summed E-state index contributed by atoms with van der Waals surface area (Å²) in [5, 5.41) is 0. The Morgan fingerprint density at radius 2 is 1.53 bits per heavy atom. The number of fused-ring (bicyclic) bond motifs is 6. The Labute approximate surface area is 314 Å². The summed E-state index contributed by atoms with van der Waals surface area (Å²) in [6.45, 7) is 0. The number of hydrogen-bond acceptors (Lipinski definition) is 3. The van der Waals surface area contributed by atoms with Crippen molar-refractivity contribution in [3.63, 3.8) is 0 Å². The van der Waals surface area contributed by atoms with Gasteiger partial charge in [0.2, 0.25) is 0 Å². The third-order valence-electron chi connectivity index (χ3n) is 13.4. The van der Waals surface area contributed by atoms with Crippen LogP contribution in [0.5, 0.6) is 0 Å². The molecule has 0 bridgehead atoms. The van der Waals surface area contributed by atoms with Crippen LogP contribution in [0, 0.1) is 23.7 Å². The SMILES string of the molecule is C1=CCC(N2c3ccccc3C3C=CC(C4=CCCC5OC6=CCCC=C6C(C6C7=C(C=CCC7)OC7C=CC(c8ccccc8)=CC76)C45)=CC32)C=C1. The first-order valence-corrected chi connectivity index (χ1v) is 20.2. The smallest absolute Gasteiger partial charge is 0.124 e. The fraction of sp³-hybridized carbons (Fsp3) is 0.320. The number of ether oxygens (including phenoxy) is 2. The highest BCUT2D eigenvalue weighted by atomic mass is 16.5. The van der Waals surface area contributed by atoms with Crippen LogP contribution >= 0.6 is 0 Å². The van der Waals surface area contributed by atoms with Crippen LogP contribution in [0.3, 0.4) is 0 Å². The second kappa shape index (κ2) is 12.8. The van der Waals surface area contributed by atoms with Gasteiger partial charge in [-0.15, -0.1) is 0 Å². The Bertz CT molecular complexity index is 2180. The molecule has 3 aliphatic heterocycles. The van der Waals surface area contributed by atoms with Crippen molar-refractivity contribution < 1.29 is 9.47 Å². The molecule has 0 saturated carbocycles. The van der Waals surface area contributed by atoms with E-state index < -0.39 is 0 Å². The zero-order valence-corrected chi connectivity index (χ0v) is 30.3. The van der Waals surface area contributed by atoms with Gasteiger partial charge in [-0.05, 0) is 108 Å². The van der Waals surface area contributed by atoms with Crippen molar-refractivity contribution in [3.05, 3.63) is 191 Å². The average Bonchev–Trinajstić information content (AvgIpc) is 3.56. The Hall–Kier alpha value is -5.02. The molecule has 6 aliphatic carbocycles. The van der Waals surface area contributed by atoms with E-state index >= 15 is 0 Å². The van der Waals surface area contributed by atoms with E-state index in [9.17, 15) is 0 Å². The molecule has 1 saturated heterocycles. The lowest BCUT2D eigenvalue weighted by Crippen LogP contribution is -2.49. The summed E-state index contributed by atoms with van der Waals surface area (Å²) in [6.07, 6.45) is 43.7. The van der Waals surface area contributed by atoms with Gasteiger partial charge >= 0.3 is 0 Å². The predicted octanol–water partition coefficient (Wildman–Crippen LogP) is 11.2. The van der Waals surface area contributed by atoms with Gasteiger partial charge in [0.15, 0.2) is 0 Å². The maximum Gasteiger partial charge on any atom is 0.124 e. The van der Waals surface area contributed by atoms with E-state index in [0.717, 1.165) is 56.5 Å². The van der Waals surface area contributed by atoms with E-state index in [1.165, 1.54) is 44.7 Å². The normalized spacial score (nSPS) is 34.5. The Kier molecular flexibility index (Phi) is 7.63. The number of rotatable bonds is 4. The van der Waals surface area contributed by atoms with Gasteiger partial charge in [-0.3, -0.25) is 0 Å². The molecule has 3 heterocycles. The van der Waals surface area contributed by atoms with Gasteiger partial charge < -0.3 is 14.4 Å². The van der Waals surface area contributed by atoms with Gasteiger partial charge in [-0.1, -0.05) is 121 Å². The molecule has 0 amide bonds. The first-order chi connectivity index (χ1) is 26.3. The van der Waals surface area contributed by atoms with Crippen LogP contribution in [-0.4, -0.2) is 24.3 Å². The molecule has 3 heteroatoms. The topological polar surface area (TPSA) is 21.7 Å². The van der Waals surface area contributed by atoms with Gasteiger partial charge in [0, 0.05) is 35.3 Å². The molecule has 1 fully saturated rings. The van der Waals surface area contributed by atoms with Gasteiger partial charge in [0.1, 0.15) is 23.7 Å². The van der Waals surface area contributed by atoms with Crippen molar-refractivity contribution in [2.45, 2.75) is 75.2 Å². The summed E-state index contributed by atoms with van der Waals surface area (Å²) in [5.41, 5.74) is 11.3. The molecular weight excluding hydrogens is 647 g/mol. The quantitative estimate of drug-likeness (QED) is 0.318. The van der Waals surface area contributed by atoms with Crippen LogP contribution < -0.4 is 4.90 Å². The molecule has 9 atom stereocenters. The van der Waals surface area contributed by atoms with E-state index in [1.54, 1.807) is 0 Å². The van der Waals surface area contributed by atoms with Crippen LogP contribution in [0.4, 0.5) is 5.69 Å². The molecule has 3 nitrogen and oxygen atoms in total. The van der Waals surface area contributed by atoms with E-state index in [-0.39, 0.29) is 30.1 Å². The maximum atomic E-state index is 7.14. The van der Waals surface area contributed by atoms with Crippen molar-refractivity contribution >= 4 is 11.3 Å². The molecule has 0 N–H and O–H groups in total. The van der Waals surface area contributed by atoms with Crippen molar-refractivity contribution in [3.8, 4) is 0 Å². The summed E-state index contributed by atoms with van der Waals surface area (Å²) < 4.78 is 14.0. The lowest BCUT2D eigenvalue weighted by atomic mass is 9.57. The average molecular weight is 694 g/mol. The van der Waals surface area contributed by atoms with Crippen molar-refractivity contribution in [2.24, 2.45) is 23.7 Å². The van der Waals surface area contributed by atoms with Crippen LogP contribution in [-0.2, 0) is 9.47 Å². The predicted molar refractivity (Wildman–Crippen MR) is 215 cm³/mol. The highest BCUT2D eigenvalue weighted by molar-refractivity contribution is 5.76. The van der Waals surface area contributed by atoms with Crippen LogP contribution in [0.2, 0.25) is 0 Å². The van der Waals surface area contributed by atoms with Crippen LogP contribution in [0.1, 0.15) is 62.0 Å². The highest BCUT2D eigenvalue weighted by Crippen LogP contribution is 2.58. The molecule has 9 aliphatic rings. The zero-order chi connectivity index (χ0) is 34.9. The number of benzene rings is 2. The maximum absolute atomic E-state index is 7.14. The molecule has 0 spiro atoms. The molecule has 2 aromatic rings. The summed E-state index contributed by atoms with van der Waals surface area (Å²) in [4.78, 5) is 2.71. The number of hydrogen-bond donors (Lipinski definition) is 0. The van der Waals surface area contributed by atoms with Gasteiger partial charge in [-0.2, -0.15) is 0 Å². The van der Waals surface area contributed by atoms with Crippen LogP contribution in [0.15, 0.2) is 180 Å². The molecule has 264 valence electrons. The fourth-order valence-corrected chi connectivity index (χ4v) is 11.3. The fourth-order valence-electron chi connectivity index (χ4n) is 11.3. The molecule has 0 radical (unpaired) electrons. The molecular formula is C50H47NO2. The first-order valence-electron chi connectivity index (χ1n) is 20.2. The third kappa shape index (κ3) is 5.14. The molecule has 0 aromatic heterocycles. The van der Waals surface area contributed by atoms with E-state index in [2.05, 4.69) is 151 Å². The monoisotopic (exact) mass is 693 g/mol. The number of anilines is 1. The second-order valence-corrected chi connectivity index (χ2v) is 16.2. The number of para-hydroxylation sites is 1. The standard InChI is InChI=1S/C50H47NO2/c1-3-14-32(15-4-1)33-27-29-46-41(30-33)48(39-19-8-11-23-44(39)52-46)50-40-20-9-12-24-45(40)53-47-25-13-21-36(49(47)50)34-26-28-38-37-18-7-10-22-42(37)51(43(38)31-34)35-16-5-2-6-17-35/h1-7,10-11,14-16,18,20-24,26-31,35,38,41,43,46-50H,8-9,12-13,17,19,25H2.